The Balaban J connectivity index is 1.39. The number of halogens is 1. The Morgan fingerprint density at radius 2 is 1.70 bits per heavy atom. The first-order valence-corrected chi connectivity index (χ1v) is 15.2. The Kier molecular flexibility index (Phi) is 8.23. The Hall–Kier alpha value is -4.69. The van der Waals surface area contributed by atoms with Crippen LogP contribution in [-0.2, 0) is 14.8 Å². The van der Waals surface area contributed by atoms with Crippen molar-refractivity contribution in [3.63, 3.8) is 0 Å². The second kappa shape index (κ2) is 11.8. The number of sulfonamides is 1. The van der Waals surface area contributed by atoms with Gasteiger partial charge in [-0.15, -0.1) is 0 Å². The molecule has 0 bridgehead atoms. The van der Waals surface area contributed by atoms with Gasteiger partial charge in [-0.2, -0.15) is 0 Å². The summed E-state index contributed by atoms with van der Waals surface area (Å²) in [6.07, 6.45) is 3.99. The number of nitrogens with zero attached hydrogens (tertiary/aromatic N) is 5. The first kappa shape index (κ1) is 30.8. The zero-order valence-corrected chi connectivity index (χ0v) is 25.4. The van der Waals surface area contributed by atoms with Crippen LogP contribution in [0.4, 0.5) is 15.0 Å². The second-order valence-electron chi connectivity index (χ2n) is 11.4. The van der Waals surface area contributed by atoms with Gasteiger partial charge in [0.1, 0.15) is 34.2 Å². The minimum atomic E-state index is -4.55. The van der Waals surface area contributed by atoms with E-state index >= 15 is 0 Å². The molecular weight excluding hydrogens is 591 g/mol. The average Bonchev–Trinajstić information content (AvgIpc) is 2.94. The molecule has 0 aliphatic carbocycles. The van der Waals surface area contributed by atoms with E-state index in [1.54, 1.807) is 17.2 Å². The van der Waals surface area contributed by atoms with Gasteiger partial charge in [-0.3, -0.25) is 4.98 Å². The number of hydrogen-bond acceptors (Lipinski definition) is 10. The van der Waals surface area contributed by atoms with Gasteiger partial charge in [-0.25, -0.2) is 37.5 Å². The summed E-state index contributed by atoms with van der Waals surface area (Å²) in [6, 6.07) is 9.27. The van der Waals surface area contributed by atoms with Crippen LogP contribution < -0.4 is 14.8 Å². The molecule has 2 aromatic heterocycles. The van der Waals surface area contributed by atoms with E-state index in [1.165, 1.54) is 25.5 Å². The molecular formula is C30H31FN6O6S. The molecule has 0 radical (unpaired) electrons. The number of anilines is 1. The molecule has 1 saturated heterocycles. The lowest BCUT2D eigenvalue weighted by molar-refractivity contribution is 0.0240. The molecule has 0 atom stereocenters. The lowest BCUT2D eigenvalue weighted by Crippen LogP contribution is -2.50. The number of nitrogens with two attached hydrogens (primary N) is 1. The monoisotopic (exact) mass is 622 g/mol. The number of benzene rings is 2. The largest absolute Gasteiger partial charge is 0.444 e. The first-order chi connectivity index (χ1) is 20.7. The number of carbonyl (C=O) groups is 2. The number of carbonyl (C=O) groups excluding carboxylic acids is 2. The van der Waals surface area contributed by atoms with Crippen LogP contribution in [0.2, 0.25) is 0 Å². The maximum atomic E-state index is 14.5. The molecule has 1 aliphatic heterocycles. The van der Waals surface area contributed by atoms with Crippen molar-refractivity contribution >= 4 is 38.8 Å². The lowest BCUT2D eigenvalue weighted by Gasteiger charge is -2.36. The number of amides is 1. The number of fused-ring (bicyclic) bond motifs is 1. The Labute approximate surface area is 253 Å². The molecule has 2 N–H and O–H groups in total. The molecule has 44 heavy (non-hydrogen) atoms. The third-order valence-corrected chi connectivity index (χ3v) is 7.78. The van der Waals surface area contributed by atoms with E-state index < -0.39 is 37.9 Å². The maximum absolute atomic E-state index is 14.5. The minimum absolute atomic E-state index is 0.0117. The summed E-state index contributed by atoms with van der Waals surface area (Å²) in [6.45, 7) is 9.02. The minimum Gasteiger partial charge on any atom is -0.444 e. The molecule has 1 amide bonds. The number of esters is 1. The van der Waals surface area contributed by atoms with Crippen molar-refractivity contribution in [3.05, 3.63) is 72.1 Å². The molecule has 0 saturated carbocycles. The summed E-state index contributed by atoms with van der Waals surface area (Å²) in [5.74, 6) is -1.53. The van der Waals surface area contributed by atoms with Crippen molar-refractivity contribution in [3.8, 4) is 16.9 Å². The van der Waals surface area contributed by atoms with Crippen LogP contribution in [0.5, 0.6) is 5.75 Å². The van der Waals surface area contributed by atoms with Crippen LogP contribution in [0.25, 0.3) is 22.0 Å². The first-order valence-electron chi connectivity index (χ1n) is 13.7. The van der Waals surface area contributed by atoms with Crippen molar-refractivity contribution in [2.24, 2.45) is 5.14 Å². The van der Waals surface area contributed by atoms with Crippen LogP contribution >= 0.6 is 0 Å². The van der Waals surface area contributed by atoms with Gasteiger partial charge in [0.2, 0.25) is 10.0 Å². The molecule has 4 aromatic rings. The SMILES string of the molecule is Cc1cc(F)c(S(N)(=O)=O)c(C(=O)Oc2cncc(-c3ccc4ncnc(N5CCN(C(=O)OC(C)(C)C)CC5)c4c3)c2)c1. The van der Waals surface area contributed by atoms with Crippen LogP contribution in [0.3, 0.4) is 0 Å². The molecule has 0 unspecified atom stereocenters. The highest BCUT2D eigenvalue weighted by atomic mass is 32.2. The van der Waals surface area contributed by atoms with Crippen molar-refractivity contribution in [2.75, 3.05) is 31.1 Å². The van der Waals surface area contributed by atoms with Crippen LogP contribution in [-0.4, -0.2) is 72.1 Å². The lowest BCUT2D eigenvalue weighted by atomic mass is 10.0. The summed E-state index contributed by atoms with van der Waals surface area (Å²) in [7, 11) is -4.55. The fraction of sp³-hybridized carbons (Fsp3) is 0.300. The number of hydrogen-bond donors (Lipinski definition) is 1. The molecule has 2 aromatic carbocycles. The Morgan fingerprint density at radius 3 is 2.39 bits per heavy atom. The van der Waals surface area contributed by atoms with Crippen LogP contribution in [0.1, 0.15) is 36.7 Å². The molecule has 230 valence electrons. The highest BCUT2D eigenvalue weighted by molar-refractivity contribution is 7.89. The molecule has 1 aliphatic rings. The normalized spacial score (nSPS) is 14.0. The molecule has 5 rings (SSSR count). The molecule has 0 spiro atoms. The fourth-order valence-electron chi connectivity index (χ4n) is 4.87. The maximum Gasteiger partial charge on any atom is 0.410 e. The fourth-order valence-corrected chi connectivity index (χ4v) is 5.65. The van der Waals surface area contributed by atoms with E-state index in [0.29, 0.717) is 48.6 Å². The number of piperazine rings is 1. The van der Waals surface area contributed by atoms with Gasteiger partial charge in [0.15, 0.2) is 0 Å². The van der Waals surface area contributed by atoms with Crippen molar-refractivity contribution in [1.82, 2.24) is 19.9 Å². The Morgan fingerprint density at radius 1 is 0.977 bits per heavy atom. The predicted octanol–water partition coefficient (Wildman–Crippen LogP) is 4.06. The predicted molar refractivity (Wildman–Crippen MR) is 160 cm³/mol. The van der Waals surface area contributed by atoms with Crippen LogP contribution in [0, 0.1) is 12.7 Å². The quantitative estimate of drug-likeness (QED) is 0.322. The van der Waals surface area contributed by atoms with E-state index in [2.05, 4.69) is 19.9 Å². The molecule has 14 heteroatoms. The van der Waals surface area contributed by atoms with Crippen molar-refractivity contribution in [1.29, 1.82) is 0 Å². The van der Waals surface area contributed by atoms with Gasteiger partial charge in [0.25, 0.3) is 0 Å². The standard InChI is InChI=1S/C30H31FN6O6S/c1-18-11-23(26(24(31)12-18)44(32,40)41)28(38)42-21-13-20(15-33-16-21)19-5-6-25-22(14-19)27(35-17-34-25)36-7-9-37(10-8-36)29(39)43-30(2,3)4/h5-6,11-17H,7-10H2,1-4H3,(H2,32,40,41). The van der Waals surface area contributed by atoms with Crippen molar-refractivity contribution < 1.29 is 31.9 Å². The summed E-state index contributed by atoms with van der Waals surface area (Å²) in [4.78, 5) is 41.4. The average molecular weight is 623 g/mol. The topological polar surface area (TPSA) is 158 Å². The number of pyridine rings is 1. The van der Waals surface area contributed by atoms with Gasteiger partial charge in [-0.05, 0) is 69.2 Å². The van der Waals surface area contributed by atoms with E-state index in [-0.39, 0.29) is 11.8 Å². The summed E-state index contributed by atoms with van der Waals surface area (Å²) in [5.41, 5.74) is 1.23. The molecule has 12 nitrogen and oxygen atoms in total. The summed E-state index contributed by atoms with van der Waals surface area (Å²) >= 11 is 0. The zero-order valence-electron chi connectivity index (χ0n) is 24.6. The number of rotatable bonds is 5. The summed E-state index contributed by atoms with van der Waals surface area (Å²) in [5, 5.41) is 5.94. The van der Waals surface area contributed by atoms with E-state index in [1.807, 2.05) is 39.0 Å². The Bertz CT molecular complexity index is 1870. The summed E-state index contributed by atoms with van der Waals surface area (Å²) < 4.78 is 49.4. The third-order valence-electron chi connectivity index (χ3n) is 6.79. The second-order valence-corrected chi connectivity index (χ2v) is 12.8. The molecule has 1 fully saturated rings. The van der Waals surface area contributed by atoms with E-state index in [9.17, 15) is 22.4 Å². The van der Waals surface area contributed by atoms with Gasteiger partial charge in [0, 0.05) is 43.3 Å². The number of aromatic nitrogens is 3. The smallest absolute Gasteiger partial charge is 0.410 e. The van der Waals surface area contributed by atoms with Gasteiger partial charge in [0.05, 0.1) is 17.3 Å². The van der Waals surface area contributed by atoms with Gasteiger partial charge < -0.3 is 19.3 Å². The van der Waals surface area contributed by atoms with Gasteiger partial charge in [-0.1, -0.05) is 6.07 Å². The highest BCUT2D eigenvalue weighted by Gasteiger charge is 2.28. The van der Waals surface area contributed by atoms with E-state index in [4.69, 9.17) is 14.6 Å². The van der Waals surface area contributed by atoms with Gasteiger partial charge >= 0.3 is 12.1 Å². The van der Waals surface area contributed by atoms with E-state index in [0.717, 1.165) is 17.0 Å². The highest BCUT2D eigenvalue weighted by Crippen LogP contribution is 2.31. The van der Waals surface area contributed by atoms with Crippen LogP contribution in [0.15, 0.2) is 60.0 Å². The number of ether oxygens (including phenoxy) is 2. The third kappa shape index (κ3) is 6.76. The number of aryl methyl sites for hydroxylation is 1. The number of primary sulfonamides is 1. The zero-order chi connectivity index (χ0) is 31.8. The van der Waals surface area contributed by atoms with Crippen molar-refractivity contribution in [2.45, 2.75) is 38.2 Å². The molecule has 3 heterocycles.